The summed E-state index contributed by atoms with van der Waals surface area (Å²) in [5.41, 5.74) is -0.993. The number of rotatable bonds is 2. The average molecular weight is 398 g/mol. The molecule has 0 atom stereocenters. The van der Waals surface area contributed by atoms with Crippen LogP contribution < -0.4 is 0 Å². The van der Waals surface area contributed by atoms with Gasteiger partial charge < -0.3 is 4.42 Å². The lowest BCUT2D eigenvalue weighted by Crippen LogP contribution is -2.08. The third-order valence-electron chi connectivity index (χ3n) is 2.36. The third-order valence-corrected chi connectivity index (χ3v) is 3.68. The van der Waals surface area contributed by atoms with Gasteiger partial charge in [0, 0.05) is 10.0 Å². The van der Waals surface area contributed by atoms with Crippen LogP contribution in [0.2, 0.25) is 0 Å². The van der Waals surface area contributed by atoms with Crippen molar-refractivity contribution in [1.82, 2.24) is 0 Å². The van der Waals surface area contributed by atoms with E-state index in [4.69, 9.17) is 4.42 Å². The molecule has 0 aliphatic heterocycles. The van der Waals surface area contributed by atoms with Gasteiger partial charge in [0.25, 0.3) is 0 Å². The summed E-state index contributed by atoms with van der Waals surface area (Å²) in [7, 11) is 0. The predicted octanol–water partition coefficient (Wildman–Crippen LogP) is 5.05. The standard InChI is InChI=1S/C12H5Br2F3O2/c13-8-2-1-6(12(15,16)17)5-7(8)10(18)11-9(14)3-4-19-11/h1-5H. The highest BCUT2D eigenvalue weighted by molar-refractivity contribution is 9.10. The van der Waals surface area contributed by atoms with E-state index in [2.05, 4.69) is 31.9 Å². The minimum Gasteiger partial charge on any atom is -0.460 e. The van der Waals surface area contributed by atoms with Crippen molar-refractivity contribution in [3.63, 3.8) is 0 Å². The van der Waals surface area contributed by atoms with Crippen LogP contribution in [-0.4, -0.2) is 5.78 Å². The Hall–Kier alpha value is -1.08. The second-order valence-electron chi connectivity index (χ2n) is 3.62. The molecule has 100 valence electrons. The summed E-state index contributed by atoms with van der Waals surface area (Å²) in [5.74, 6) is -0.671. The van der Waals surface area contributed by atoms with E-state index in [0.29, 0.717) is 4.47 Å². The van der Waals surface area contributed by atoms with Crippen LogP contribution in [0, 0.1) is 0 Å². The summed E-state index contributed by atoms with van der Waals surface area (Å²) in [6, 6.07) is 4.38. The molecule has 1 aromatic carbocycles. The summed E-state index contributed by atoms with van der Waals surface area (Å²) < 4.78 is 43.5. The van der Waals surface area contributed by atoms with Crippen molar-refractivity contribution in [2.75, 3.05) is 0 Å². The molecule has 0 spiro atoms. The monoisotopic (exact) mass is 396 g/mol. The van der Waals surface area contributed by atoms with Crippen LogP contribution in [0.15, 0.2) is 43.9 Å². The van der Waals surface area contributed by atoms with Crippen LogP contribution in [0.25, 0.3) is 0 Å². The summed E-state index contributed by atoms with van der Waals surface area (Å²) >= 11 is 6.16. The molecule has 0 fully saturated rings. The Morgan fingerprint density at radius 1 is 1.11 bits per heavy atom. The van der Waals surface area contributed by atoms with Gasteiger partial charge in [-0.3, -0.25) is 4.79 Å². The molecular weight excluding hydrogens is 393 g/mol. The lowest BCUT2D eigenvalue weighted by molar-refractivity contribution is -0.137. The minimum atomic E-state index is -4.50. The van der Waals surface area contributed by atoms with Crippen LogP contribution in [0.4, 0.5) is 13.2 Å². The molecule has 0 saturated carbocycles. The Kier molecular flexibility index (Phi) is 3.87. The van der Waals surface area contributed by atoms with E-state index in [1.54, 1.807) is 0 Å². The Morgan fingerprint density at radius 3 is 2.32 bits per heavy atom. The molecule has 0 unspecified atom stereocenters. The van der Waals surface area contributed by atoms with E-state index < -0.39 is 17.5 Å². The molecule has 2 rings (SSSR count). The fourth-order valence-corrected chi connectivity index (χ4v) is 2.26. The molecule has 0 N–H and O–H groups in total. The van der Waals surface area contributed by atoms with E-state index in [9.17, 15) is 18.0 Å². The number of hydrogen-bond donors (Lipinski definition) is 0. The van der Waals surface area contributed by atoms with Gasteiger partial charge in [0.05, 0.1) is 16.3 Å². The van der Waals surface area contributed by atoms with Crippen molar-refractivity contribution in [2.45, 2.75) is 6.18 Å². The molecule has 1 heterocycles. The molecule has 19 heavy (non-hydrogen) atoms. The number of halogens is 5. The molecule has 0 aliphatic rings. The van der Waals surface area contributed by atoms with Crippen LogP contribution in [0.1, 0.15) is 21.7 Å². The van der Waals surface area contributed by atoms with Gasteiger partial charge in [0.15, 0.2) is 5.76 Å². The van der Waals surface area contributed by atoms with Crippen LogP contribution in [0.3, 0.4) is 0 Å². The number of alkyl halides is 3. The summed E-state index contributed by atoms with van der Waals surface area (Å²) in [6.45, 7) is 0. The van der Waals surface area contributed by atoms with Crippen molar-refractivity contribution in [3.05, 3.63) is 56.4 Å². The second-order valence-corrected chi connectivity index (χ2v) is 5.33. The third kappa shape index (κ3) is 2.92. The maximum absolute atomic E-state index is 12.6. The average Bonchev–Trinajstić information content (AvgIpc) is 2.73. The molecule has 0 radical (unpaired) electrons. The van der Waals surface area contributed by atoms with Gasteiger partial charge in [-0.1, -0.05) is 15.9 Å². The number of carbonyl (C=O) groups is 1. The molecule has 0 saturated heterocycles. The quantitative estimate of drug-likeness (QED) is 0.663. The molecule has 0 amide bonds. The molecule has 1 aromatic heterocycles. The largest absolute Gasteiger partial charge is 0.460 e. The number of benzene rings is 1. The first-order chi connectivity index (χ1) is 8.80. The van der Waals surface area contributed by atoms with Crippen LogP contribution >= 0.6 is 31.9 Å². The summed E-state index contributed by atoms with van der Waals surface area (Å²) in [6.07, 6.45) is -3.23. The molecular formula is C12H5Br2F3O2. The maximum atomic E-state index is 12.6. The number of hydrogen-bond acceptors (Lipinski definition) is 2. The Morgan fingerprint density at radius 2 is 1.79 bits per heavy atom. The maximum Gasteiger partial charge on any atom is 0.416 e. The van der Waals surface area contributed by atoms with Crippen molar-refractivity contribution in [3.8, 4) is 0 Å². The van der Waals surface area contributed by atoms with Gasteiger partial charge in [-0.15, -0.1) is 0 Å². The van der Waals surface area contributed by atoms with E-state index in [-0.39, 0.29) is 15.8 Å². The van der Waals surface area contributed by atoms with E-state index in [1.165, 1.54) is 18.4 Å². The first-order valence-electron chi connectivity index (χ1n) is 4.95. The Bertz CT molecular complexity index is 632. The zero-order chi connectivity index (χ0) is 14.2. The van der Waals surface area contributed by atoms with Gasteiger partial charge in [-0.05, 0) is 40.2 Å². The van der Waals surface area contributed by atoms with Gasteiger partial charge in [0.2, 0.25) is 5.78 Å². The highest BCUT2D eigenvalue weighted by Gasteiger charge is 2.32. The fourth-order valence-electron chi connectivity index (χ4n) is 1.45. The molecule has 7 heteroatoms. The highest BCUT2D eigenvalue weighted by atomic mass is 79.9. The van der Waals surface area contributed by atoms with E-state index in [1.807, 2.05) is 0 Å². The SMILES string of the molecule is O=C(c1cc(C(F)(F)F)ccc1Br)c1occc1Br. The van der Waals surface area contributed by atoms with Crippen LogP contribution in [0.5, 0.6) is 0 Å². The zero-order valence-electron chi connectivity index (χ0n) is 9.09. The lowest BCUT2D eigenvalue weighted by Gasteiger charge is -2.09. The highest BCUT2D eigenvalue weighted by Crippen LogP contribution is 2.33. The molecule has 0 bridgehead atoms. The van der Waals surface area contributed by atoms with E-state index in [0.717, 1.165) is 12.1 Å². The van der Waals surface area contributed by atoms with Crippen LogP contribution in [-0.2, 0) is 6.18 Å². The normalized spacial score (nSPS) is 11.6. The first kappa shape index (κ1) is 14.3. The van der Waals surface area contributed by atoms with Crippen molar-refractivity contribution >= 4 is 37.6 Å². The predicted molar refractivity (Wildman–Crippen MR) is 69.0 cm³/mol. The Balaban J connectivity index is 2.51. The Labute approximate surface area is 122 Å². The van der Waals surface area contributed by atoms with Crippen molar-refractivity contribution in [1.29, 1.82) is 0 Å². The summed E-state index contributed by atoms with van der Waals surface area (Å²) in [5, 5.41) is 0. The van der Waals surface area contributed by atoms with Crippen molar-refractivity contribution in [2.24, 2.45) is 0 Å². The number of carbonyl (C=O) groups excluding carboxylic acids is 1. The van der Waals surface area contributed by atoms with Crippen molar-refractivity contribution < 1.29 is 22.4 Å². The smallest absolute Gasteiger partial charge is 0.416 e. The molecule has 2 nitrogen and oxygen atoms in total. The number of furan rings is 1. The lowest BCUT2D eigenvalue weighted by atomic mass is 10.1. The topological polar surface area (TPSA) is 30.2 Å². The summed E-state index contributed by atoms with van der Waals surface area (Å²) in [4.78, 5) is 12.1. The van der Waals surface area contributed by atoms with Gasteiger partial charge in [-0.25, -0.2) is 0 Å². The fraction of sp³-hybridized carbons (Fsp3) is 0.0833. The van der Waals surface area contributed by atoms with E-state index >= 15 is 0 Å². The first-order valence-corrected chi connectivity index (χ1v) is 6.53. The van der Waals surface area contributed by atoms with Gasteiger partial charge in [0.1, 0.15) is 0 Å². The van der Waals surface area contributed by atoms with Gasteiger partial charge >= 0.3 is 6.18 Å². The zero-order valence-corrected chi connectivity index (χ0v) is 12.3. The number of ketones is 1. The van der Waals surface area contributed by atoms with Gasteiger partial charge in [-0.2, -0.15) is 13.2 Å². The molecule has 0 aliphatic carbocycles. The minimum absolute atomic E-state index is 0.0416. The molecule has 2 aromatic rings. The second kappa shape index (κ2) is 5.13.